The van der Waals surface area contributed by atoms with Crippen LogP contribution in [-0.2, 0) is 0 Å². The Hall–Kier alpha value is -7.06. The third-order valence-electron chi connectivity index (χ3n) is 9.42. The number of imidazole rings is 2. The van der Waals surface area contributed by atoms with Crippen molar-refractivity contribution in [1.29, 1.82) is 0 Å². The fraction of sp³-hybridized carbons (Fsp3) is 0. The van der Waals surface area contributed by atoms with Crippen molar-refractivity contribution < 1.29 is 8.83 Å². The topological polar surface area (TPSA) is 87.2 Å². The second-order valence-corrected chi connectivity index (χ2v) is 12.3. The van der Waals surface area contributed by atoms with Crippen molar-refractivity contribution >= 4 is 60.9 Å². The lowest BCUT2D eigenvalue weighted by Gasteiger charge is -2.09. The summed E-state index contributed by atoms with van der Waals surface area (Å²) in [6.45, 7) is 0. The number of rotatable bonds is 4. The van der Waals surface area contributed by atoms with Crippen molar-refractivity contribution in [3.8, 4) is 39.9 Å². The van der Waals surface area contributed by atoms with Crippen LogP contribution in [-0.4, -0.2) is 28.9 Å². The Morgan fingerprint density at radius 2 is 1.10 bits per heavy atom. The van der Waals surface area contributed by atoms with Gasteiger partial charge in [0.1, 0.15) is 22.3 Å². The van der Waals surface area contributed by atoms with E-state index in [1.54, 1.807) is 0 Å². The van der Waals surface area contributed by atoms with Crippen LogP contribution >= 0.6 is 0 Å². The van der Waals surface area contributed by atoms with E-state index in [9.17, 15) is 0 Å². The number of nitrogens with zero attached hydrogens (tertiary/aromatic N) is 6. The second kappa shape index (κ2) is 10.2. The average Bonchev–Trinajstić information content (AvgIpc) is 3.92. The minimum Gasteiger partial charge on any atom is -0.456 e. The molecule has 0 aliphatic heterocycles. The Kier molecular flexibility index (Phi) is 5.51. The van der Waals surface area contributed by atoms with Gasteiger partial charge >= 0.3 is 0 Å². The fourth-order valence-electron chi connectivity index (χ4n) is 7.20. The lowest BCUT2D eigenvalue weighted by molar-refractivity contribution is 0.656. The van der Waals surface area contributed by atoms with Gasteiger partial charge in [-0.25, -0.2) is 15.0 Å². The Bertz CT molecular complexity index is 3040. The summed E-state index contributed by atoms with van der Waals surface area (Å²) in [5.74, 6) is 2.57. The van der Waals surface area contributed by atoms with Gasteiger partial charge in [-0.3, -0.25) is 8.97 Å². The maximum atomic E-state index is 6.46. The molecule has 5 heterocycles. The normalized spacial score (nSPS) is 12.0. The Morgan fingerprint density at radius 3 is 1.88 bits per heavy atom. The number of furan rings is 2. The zero-order chi connectivity index (χ0) is 32.8. The van der Waals surface area contributed by atoms with E-state index in [4.69, 9.17) is 28.8 Å². The van der Waals surface area contributed by atoms with E-state index in [1.165, 1.54) is 0 Å². The molecule has 0 aliphatic carbocycles. The second-order valence-electron chi connectivity index (χ2n) is 12.3. The van der Waals surface area contributed by atoms with E-state index in [-0.39, 0.29) is 0 Å². The molecule has 0 radical (unpaired) electrons. The average molecular weight is 645 g/mol. The van der Waals surface area contributed by atoms with Gasteiger partial charge < -0.3 is 8.83 Å². The molecular weight excluding hydrogens is 621 g/mol. The van der Waals surface area contributed by atoms with Gasteiger partial charge in [0.05, 0.1) is 16.7 Å². The molecule has 0 atom stereocenters. The fourth-order valence-corrected chi connectivity index (χ4v) is 7.20. The smallest absolute Gasteiger partial charge is 0.248 e. The lowest BCUT2D eigenvalue weighted by atomic mass is 10.0. The molecule has 11 rings (SSSR count). The van der Waals surface area contributed by atoms with Crippen LogP contribution in [0, 0.1) is 0 Å². The minimum atomic E-state index is 0.575. The predicted octanol–water partition coefficient (Wildman–Crippen LogP) is 10.3. The number of hydrogen-bond acceptors (Lipinski definition) is 6. The van der Waals surface area contributed by atoms with E-state index in [2.05, 4.69) is 57.5 Å². The third-order valence-corrected chi connectivity index (χ3v) is 9.42. The van der Waals surface area contributed by atoms with Crippen molar-refractivity contribution in [1.82, 2.24) is 28.9 Å². The van der Waals surface area contributed by atoms with Gasteiger partial charge in [-0.05, 0) is 48.5 Å². The highest BCUT2D eigenvalue weighted by Crippen LogP contribution is 2.39. The molecule has 0 saturated heterocycles. The first-order valence-corrected chi connectivity index (χ1v) is 16.4. The maximum absolute atomic E-state index is 6.46. The van der Waals surface area contributed by atoms with Gasteiger partial charge in [0.15, 0.2) is 17.5 Å². The molecule has 234 valence electrons. The van der Waals surface area contributed by atoms with Crippen LogP contribution in [0.4, 0.5) is 0 Å². The van der Waals surface area contributed by atoms with Crippen LogP contribution in [0.2, 0.25) is 0 Å². The van der Waals surface area contributed by atoms with E-state index < -0.39 is 0 Å². The summed E-state index contributed by atoms with van der Waals surface area (Å²) >= 11 is 0. The van der Waals surface area contributed by atoms with Gasteiger partial charge in [0, 0.05) is 32.8 Å². The molecule has 50 heavy (non-hydrogen) atoms. The summed E-state index contributed by atoms with van der Waals surface area (Å²) in [6.07, 6.45) is 0. The molecule has 5 aromatic heterocycles. The summed E-state index contributed by atoms with van der Waals surface area (Å²) in [7, 11) is 0. The third kappa shape index (κ3) is 3.87. The van der Waals surface area contributed by atoms with E-state index in [1.807, 2.05) is 97.1 Å². The SMILES string of the molecule is c1ccc(-c2nc(-c3ccccc3)nc(-c3cccc4oc5ccc(-n6c7ccccc7n7c8c(nc67)oc6ccccc68)cc5c34)n2)cc1. The Balaban J connectivity index is 1.17. The molecule has 0 amide bonds. The van der Waals surface area contributed by atoms with Crippen LogP contribution in [0.15, 0.2) is 154 Å². The molecule has 0 fully saturated rings. The quantitative estimate of drug-likeness (QED) is 0.189. The first-order chi connectivity index (χ1) is 24.8. The van der Waals surface area contributed by atoms with Crippen LogP contribution in [0.3, 0.4) is 0 Å². The van der Waals surface area contributed by atoms with Gasteiger partial charge in [0.2, 0.25) is 11.5 Å². The molecule has 0 saturated carbocycles. The van der Waals surface area contributed by atoms with Crippen molar-refractivity contribution in [2.75, 3.05) is 0 Å². The first-order valence-electron chi connectivity index (χ1n) is 16.4. The Morgan fingerprint density at radius 1 is 0.460 bits per heavy atom. The molecule has 0 spiro atoms. The van der Waals surface area contributed by atoms with Gasteiger partial charge in [-0.1, -0.05) is 97.1 Å². The summed E-state index contributed by atoms with van der Waals surface area (Å²) in [6, 6.07) is 48.8. The maximum Gasteiger partial charge on any atom is 0.248 e. The number of aromatic nitrogens is 6. The Labute approximate surface area is 283 Å². The van der Waals surface area contributed by atoms with Crippen molar-refractivity contribution in [2.45, 2.75) is 0 Å². The zero-order valence-electron chi connectivity index (χ0n) is 26.4. The van der Waals surface area contributed by atoms with Crippen LogP contribution in [0.5, 0.6) is 0 Å². The molecule has 0 unspecified atom stereocenters. The number of hydrogen-bond donors (Lipinski definition) is 0. The van der Waals surface area contributed by atoms with Crippen molar-refractivity contribution in [2.24, 2.45) is 0 Å². The van der Waals surface area contributed by atoms with Crippen LogP contribution < -0.4 is 0 Å². The molecule has 8 nitrogen and oxygen atoms in total. The summed E-state index contributed by atoms with van der Waals surface area (Å²) in [4.78, 5) is 20.0. The molecule has 0 N–H and O–H groups in total. The highest BCUT2D eigenvalue weighted by molar-refractivity contribution is 6.12. The summed E-state index contributed by atoms with van der Waals surface area (Å²) < 4.78 is 17.1. The number of fused-ring (bicyclic) bond motifs is 10. The number of benzene rings is 6. The van der Waals surface area contributed by atoms with Crippen LogP contribution in [0.1, 0.15) is 0 Å². The largest absolute Gasteiger partial charge is 0.456 e. The standard InChI is InChI=1S/C42H24N6O2/c1-3-12-25(13-4-1)38-43-39(26-14-5-2-6-15-26)45-40(44-38)29-17-11-21-35-36(29)30-24-27(22-23-34(30)49-35)47-31-18-8-9-19-32(31)48-37-28-16-7-10-20-33(28)50-41(37)46-42(47)48/h1-24H. The van der Waals surface area contributed by atoms with E-state index in [0.29, 0.717) is 23.2 Å². The first kappa shape index (κ1) is 26.9. The summed E-state index contributed by atoms with van der Waals surface area (Å²) in [5, 5.41) is 2.91. The van der Waals surface area contributed by atoms with Crippen LogP contribution in [0.25, 0.3) is 101 Å². The molecule has 0 bridgehead atoms. The molecule has 0 aliphatic rings. The van der Waals surface area contributed by atoms with E-state index >= 15 is 0 Å². The molecule has 11 aromatic rings. The monoisotopic (exact) mass is 644 g/mol. The van der Waals surface area contributed by atoms with Crippen molar-refractivity contribution in [3.63, 3.8) is 0 Å². The lowest BCUT2D eigenvalue weighted by Crippen LogP contribution is -2.00. The molecule has 8 heteroatoms. The van der Waals surface area contributed by atoms with E-state index in [0.717, 1.165) is 77.6 Å². The minimum absolute atomic E-state index is 0.575. The van der Waals surface area contributed by atoms with Gasteiger partial charge in [-0.15, -0.1) is 0 Å². The van der Waals surface area contributed by atoms with Gasteiger partial charge in [-0.2, -0.15) is 4.98 Å². The highest BCUT2D eigenvalue weighted by Gasteiger charge is 2.23. The predicted molar refractivity (Wildman–Crippen MR) is 196 cm³/mol. The number of para-hydroxylation sites is 3. The molecule has 6 aromatic carbocycles. The zero-order valence-corrected chi connectivity index (χ0v) is 26.4. The van der Waals surface area contributed by atoms with Crippen molar-refractivity contribution in [3.05, 3.63) is 146 Å². The molecular formula is C42H24N6O2. The highest BCUT2D eigenvalue weighted by atomic mass is 16.3. The van der Waals surface area contributed by atoms with Gasteiger partial charge in [0.25, 0.3) is 0 Å². The summed E-state index contributed by atoms with van der Waals surface area (Å²) in [5.41, 5.74) is 9.64.